The van der Waals surface area contributed by atoms with Gasteiger partial charge in [0.15, 0.2) is 0 Å². The summed E-state index contributed by atoms with van der Waals surface area (Å²) in [6.45, 7) is 2.43. The van der Waals surface area contributed by atoms with E-state index in [0.29, 0.717) is 24.4 Å². The summed E-state index contributed by atoms with van der Waals surface area (Å²) < 4.78 is 9.64. The second kappa shape index (κ2) is 11.2. The summed E-state index contributed by atoms with van der Waals surface area (Å²) in [6, 6.07) is 6.86. The molecule has 0 unspecified atom stereocenters. The van der Waals surface area contributed by atoms with Crippen molar-refractivity contribution in [3.8, 4) is 0 Å². The van der Waals surface area contributed by atoms with Crippen LogP contribution in [0, 0.1) is 0 Å². The molecular weight excluding hydrogens is 312 g/mol. The van der Waals surface area contributed by atoms with Gasteiger partial charge in [0.05, 0.1) is 13.0 Å². The molecule has 0 aliphatic carbocycles. The Hall–Kier alpha value is -2.41. The number of rotatable bonds is 10. The number of ether oxygens (including phenoxy) is 2. The van der Waals surface area contributed by atoms with Gasteiger partial charge in [-0.15, -0.1) is 0 Å². The highest BCUT2D eigenvalue weighted by molar-refractivity contribution is 5.94. The molecule has 7 nitrogen and oxygen atoms in total. The van der Waals surface area contributed by atoms with E-state index in [-0.39, 0.29) is 31.3 Å². The molecule has 0 bridgehead atoms. The fraction of sp³-hybridized carbons (Fsp3) is 0.471. The zero-order valence-electron chi connectivity index (χ0n) is 14.1. The van der Waals surface area contributed by atoms with Crippen molar-refractivity contribution in [3.05, 3.63) is 24.3 Å². The Labute approximate surface area is 141 Å². The monoisotopic (exact) mass is 336 g/mol. The zero-order valence-corrected chi connectivity index (χ0v) is 14.1. The van der Waals surface area contributed by atoms with E-state index in [0.717, 1.165) is 6.42 Å². The molecule has 0 spiro atoms. The summed E-state index contributed by atoms with van der Waals surface area (Å²) >= 11 is 0. The van der Waals surface area contributed by atoms with Crippen LogP contribution in [0.4, 0.5) is 11.4 Å². The van der Waals surface area contributed by atoms with Gasteiger partial charge in [0.25, 0.3) is 0 Å². The van der Waals surface area contributed by atoms with Crippen LogP contribution in [0.2, 0.25) is 0 Å². The SMILES string of the molecule is CCCC(=O)Nc1cccc(NC(=O)CCC(=O)OCCOC)c1. The van der Waals surface area contributed by atoms with Gasteiger partial charge in [0.2, 0.25) is 11.8 Å². The largest absolute Gasteiger partial charge is 0.463 e. The van der Waals surface area contributed by atoms with Crippen molar-refractivity contribution in [3.63, 3.8) is 0 Å². The van der Waals surface area contributed by atoms with Crippen molar-refractivity contribution in [2.75, 3.05) is 31.0 Å². The molecule has 0 fully saturated rings. The Morgan fingerprint density at radius 3 is 2.17 bits per heavy atom. The van der Waals surface area contributed by atoms with Gasteiger partial charge in [0, 0.05) is 31.3 Å². The standard InChI is InChI=1S/C17H24N2O5/c1-3-5-15(20)18-13-6-4-7-14(12-13)19-16(21)8-9-17(22)24-11-10-23-2/h4,6-7,12H,3,5,8-11H2,1-2H3,(H,18,20)(H,19,21). The topological polar surface area (TPSA) is 93.7 Å². The smallest absolute Gasteiger partial charge is 0.306 e. The molecule has 0 radical (unpaired) electrons. The first-order valence-corrected chi connectivity index (χ1v) is 7.89. The average Bonchev–Trinajstić information content (AvgIpc) is 2.54. The number of nitrogens with one attached hydrogen (secondary N) is 2. The summed E-state index contributed by atoms with van der Waals surface area (Å²) in [5, 5.41) is 5.45. The molecule has 132 valence electrons. The van der Waals surface area contributed by atoms with Gasteiger partial charge in [0.1, 0.15) is 6.61 Å². The van der Waals surface area contributed by atoms with Crippen molar-refractivity contribution in [1.29, 1.82) is 0 Å². The van der Waals surface area contributed by atoms with Gasteiger partial charge in [-0.05, 0) is 24.6 Å². The minimum absolute atomic E-state index is 0.00245. The molecule has 0 heterocycles. The number of anilines is 2. The molecule has 1 aromatic rings. The maximum Gasteiger partial charge on any atom is 0.306 e. The van der Waals surface area contributed by atoms with Crippen LogP contribution in [0.1, 0.15) is 32.6 Å². The maximum absolute atomic E-state index is 11.9. The number of benzene rings is 1. The van der Waals surface area contributed by atoms with Crippen molar-refractivity contribution in [1.82, 2.24) is 0 Å². The van der Waals surface area contributed by atoms with Crippen molar-refractivity contribution < 1.29 is 23.9 Å². The highest BCUT2D eigenvalue weighted by Crippen LogP contribution is 2.16. The van der Waals surface area contributed by atoms with Crippen LogP contribution in [-0.4, -0.2) is 38.1 Å². The Morgan fingerprint density at radius 1 is 0.958 bits per heavy atom. The predicted molar refractivity (Wildman–Crippen MR) is 90.7 cm³/mol. The molecule has 24 heavy (non-hydrogen) atoms. The molecule has 0 aromatic heterocycles. The van der Waals surface area contributed by atoms with E-state index >= 15 is 0 Å². The molecular formula is C17H24N2O5. The Bertz CT molecular complexity index is 560. The average molecular weight is 336 g/mol. The maximum atomic E-state index is 11.9. The first-order valence-electron chi connectivity index (χ1n) is 7.89. The third-order valence-electron chi connectivity index (χ3n) is 3.01. The summed E-state index contributed by atoms with van der Waals surface area (Å²) in [4.78, 5) is 34.8. The summed E-state index contributed by atoms with van der Waals surface area (Å²) in [6.07, 6.45) is 1.24. The van der Waals surface area contributed by atoms with E-state index in [4.69, 9.17) is 9.47 Å². The zero-order chi connectivity index (χ0) is 17.8. The van der Waals surface area contributed by atoms with Gasteiger partial charge in [-0.3, -0.25) is 14.4 Å². The molecule has 0 aliphatic heterocycles. The number of carbonyl (C=O) groups excluding carboxylic acids is 3. The summed E-state index contributed by atoms with van der Waals surface area (Å²) in [5.74, 6) is -0.807. The number of carbonyl (C=O) groups is 3. The minimum Gasteiger partial charge on any atom is -0.463 e. The molecule has 0 aliphatic rings. The number of amides is 2. The first-order chi connectivity index (χ1) is 11.5. The normalized spacial score (nSPS) is 10.1. The van der Waals surface area contributed by atoms with Crippen LogP contribution in [0.5, 0.6) is 0 Å². The van der Waals surface area contributed by atoms with Gasteiger partial charge >= 0.3 is 5.97 Å². The summed E-state index contributed by atoms with van der Waals surface area (Å²) in [7, 11) is 1.51. The van der Waals surface area contributed by atoms with Gasteiger partial charge in [-0.25, -0.2) is 0 Å². The second-order valence-electron chi connectivity index (χ2n) is 5.14. The minimum atomic E-state index is -0.442. The lowest BCUT2D eigenvalue weighted by Gasteiger charge is -2.09. The fourth-order valence-electron chi connectivity index (χ4n) is 1.88. The number of hydrogen-bond acceptors (Lipinski definition) is 5. The van der Waals surface area contributed by atoms with Gasteiger partial charge < -0.3 is 20.1 Å². The van der Waals surface area contributed by atoms with Crippen LogP contribution in [0.25, 0.3) is 0 Å². The molecule has 1 rings (SSSR count). The van der Waals surface area contributed by atoms with Crippen LogP contribution >= 0.6 is 0 Å². The van der Waals surface area contributed by atoms with E-state index in [2.05, 4.69) is 10.6 Å². The van der Waals surface area contributed by atoms with E-state index in [1.807, 2.05) is 6.92 Å². The van der Waals surface area contributed by atoms with Gasteiger partial charge in [-0.1, -0.05) is 13.0 Å². The van der Waals surface area contributed by atoms with E-state index in [9.17, 15) is 14.4 Å². The highest BCUT2D eigenvalue weighted by Gasteiger charge is 2.09. The highest BCUT2D eigenvalue weighted by atomic mass is 16.6. The number of methoxy groups -OCH3 is 1. The van der Waals surface area contributed by atoms with Crippen LogP contribution in [0.3, 0.4) is 0 Å². The lowest BCUT2D eigenvalue weighted by molar-refractivity contribution is -0.145. The molecule has 7 heteroatoms. The van der Waals surface area contributed by atoms with Crippen LogP contribution in [-0.2, 0) is 23.9 Å². The number of esters is 1. The Morgan fingerprint density at radius 2 is 1.58 bits per heavy atom. The lowest BCUT2D eigenvalue weighted by Crippen LogP contribution is -2.16. The van der Waals surface area contributed by atoms with Gasteiger partial charge in [-0.2, -0.15) is 0 Å². The van der Waals surface area contributed by atoms with Crippen LogP contribution < -0.4 is 10.6 Å². The lowest BCUT2D eigenvalue weighted by atomic mass is 10.2. The third kappa shape index (κ3) is 8.28. The quantitative estimate of drug-likeness (QED) is 0.505. The third-order valence-corrected chi connectivity index (χ3v) is 3.01. The molecule has 0 saturated carbocycles. The number of hydrogen-bond donors (Lipinski definition) is 2. The second-order valence-corrected chi connectivity index (χ2v) is 5.14. The fourth-order valence-corrected chi connectivity index (χ4v) is 1.88. The van der Waals surface area contributed by atoms with Crippen molar-refractivity contribution >= 4 is 29.2 Å². The molecule has 0 saturated heterocycles. The van der Waals surface area contributed by atoms with Crippen molar-refractivity contribution in [2.24, 2.45) is 0 Å². The first kappa shape index (κ1) is 19.6. The molecule has 1 aromatic carbocycles. The van der Waals surface area contributed by atoms with E-state index in [1.165, 1.54) is 7.11 Å². The molecule has 0 atom stereocenters. The molecule has 2 amide bonds. The van der Waals surface area contributed by atoms with E-state index < -0.39 is 5.97 Å². The molecule has 2 N–H and O–H groups in total. The Kier molecular flexibility index (Phi) is 9.14. The Balaban J connectivity index is 2.41. The van der Waals surface area contributed by atoms with Crippen LogP contribution in [0.15, 0.2) is 24.3 Å². The van der Waals surface area contributed by atoms with E-state index in [1.54, 1.807) is 24.3 Å². The summed E-state index contributed by atoms with van der Waals surface area (Å²) in [5.41, 5.74) is 1.17. The van der Waals surface area contributed by atoms with Crippen molar-refractivity contribution in [2.45, 2.75) is 32.6 Å². The predicted octanol–water partition coefficient (Wildman–Crippen LogP) is 2.33.